The molecule has 1 aliphatic heterocycles. The molecule has 1 aromatic rings. The van der Waals surface area contributed by atoms with Crippen LogP contribution in [-0.2, 0) is 10.0 Å². The SMILES string of the molecule is O=S(=O)(c1ccccc1)N1[C@@H]2CC[C@H](Br)[C@@H](Br)CC[C@H]21. The van der Waals surface area contributed by atoms with Crippen LogP contribution in [0, 0.1) is 0 Å². The Morgan fingerprint density at radius 2 is 1.40 bits per heavy atom. The molecule has 1 saturated heterocycles. The highest BCUT2D eigenvalue weighted by Crippen LogP contribution is 2.44. The zero-order chi connectivity index (χ0) is 14.3. The molecule has 0 aromatic heterocycles. The van der Waals surface area contributed by atoms with Gasteiger partial charge in [0.15, 0.2) is 0 Å². The zero-order valence-electron chi connectivity index (χ0n) is 11.0. The minimum absolute atomic E-state index is 0.195. The summed E-state index contributed by atoms with van der Waals surface area (Å²) in [7, 11) is -3.31. The number of fused-ring (bicyclic) bond motifs is 1. The van der Waals surface area contributed by atoms with Gasteiger partial charge in [-0.15, -0.1) is 0 Å². The predicted molar refractivity (Wildman–Crippen MR) is 86.9 cm³/mol. The molecule has 0 spiro atoms. The Labute approximate surface area is 137 Å². The highest BCUT2D eigenvalue weighted by Gasteiger charge is 2.55. The minimum atomic E-state index is -3.31. The number of alkyl halides is 2. The summed E-state index contributed by atoms with van der Waals surface area (Å²) in [5.41, 5.74) is 0. The molecule has 0 bridgehead atoms. The number of rotatable bonds is 2. The van der Waals surface area contributed by atoms with Crippen molar-refractivity contribution in [3.8, 4) is 0 Å². The zero-order valence-corrected chi connectivity index (χ0v) is 14.9. The standard InChI is InChI=1S/C14H17Br2NO2S/c15-11-6-8-13-14(9-7-12(11)16)17(13)20(18,19)10-4-2-1-3-5-10/h1-5,11-14H,6-9H2/t11-,12-,13+,14+/m0/s1. The van der Waals surface area contributed by atoms with Gasteiger partial charge in [0.05, 0.1) is 4.90 Å². The van der Waals surface area contributed by atoms with Crippen molar-refractivity contribution in [2.75, 3.05) is 0 Å². The molecule has 3 rings (SSSR count). The fourth-order valence-electron chi connectivity index (χ4n) is 3.04. The van der Waals surface area contributed by atoms with Crippen LogP contribution in [0.25, 0.3) is 0 Å². The molecule has 1 aromatic carbocycles. The number of hydrogen-bond acceptors (Lipinski definition) is 2. The summed E-state index contributed by atoms with van der Waals surface area (Å²) >= 11 is 7.37. The first-order valence-corrected chi connectivity index (χ1v) is 10.2. The van der Waals surface area contributed by atoms with E-state index in [1.807, 2.05) is 6.07 Å². The molecule has 1 aliphatic carbocycles. The Kier molecular flexibility index (Phi) is 4.28. The maximum Gasteiger partial charge on any atom is 0.243 e. The van der Waals surface area contributed by atoms with Gasteiger partial charge in [0, 0.05) is 21.7 Å². The molecule has 2 fully saturated rings. The Hall–Kier alpha value is 0.0900. The molecule has 2 aliphatic rings. The van der Waals surface area contributed by atoms with Gasteiger partial charge < -0.3 is 0 Å². The van der Waals surface area contributed by atoms with Crippen LogP contribution in [0.4, 0.5) is 0 Å². The van der Waals surface area contributed by atoms with Crippen LogP contribution in [0.1, 0.15) is 25.7 Å². The molecule has 0 amide bonds. The average Bonchev–Trinajstić information content (AvgIpc) is 3.15. The maximum atomic E-state index is 12.7. The van der Waals surface area contributed by atoms with Crippen molar-refractivity contribution in [3.63, 3.8) is 0 Å². The lowest BCUT2D eigenvalue weighted by atomic mass is 10.0. The monoisotopic (exact) mass is 421 g/mol. The smallest absolute Gasteiger partial charge is 0.207 e. The summed E-state index contributed by atoms with van der Waals surface area (Å²) in [6, 6.07) is 9.16. The van der Waals surface area contributed by atoms with E-state index in [1.54, 1.807) is 28.6 Å². The molecular formula is C14H17Br2NO2S. The maximum absolute atomic E-state index is 12.7. The molecular weight excluding hydrogens is 406 g/mol. The average molecular weight is 423 g/mol. The van der Waals surface area contributed by atoms with Crippen LogP contribution in [-0.4, -0.2) is 34.5 Å². The van der Waals surface area contributed by atoms with Crippen LogP contribution in [0.3, 0.4) is 0 Å². The number of hydrogen-bond donors (Lipinski definition) is 0. The lowest BCUT2D eigenvalue weighted by molar-refractivity contribution is 0.538. The molecule has 4 atom stereocenters. The van der Waals surface area contributed by atoms with Crippen molar-refractivity contribution >= 4 is 41.9 Å². The molecule has 0 N–H and O–H groups in total. The Balaban J connectivity index is 1.80. The van der Waals surface area contributed by atoms with Gasteiger partial charge in [-0.05, 0) is 37.8 Å². The number of nitrogens with zero attached hydrogens (tertiary/aromatic N) is 1. The van der Waals surface area contributed by atoms with Crippen molar-refractivity contribution in [2.45, 2.75) is 52.3 Å². The number of halogens is 2. The van der Waals surface area contributed by atoms with Crippen molar-refractivity contribution in [2.24, 2.45) is 0 Å². The van der Waals surface area contributed by atoms with Crippen molar-refractivity contribution in [1.82, 2.24) is 4.31 Å². The first-order chi connectivity index (χ1) is 9.51. The molecule has 0 radical (unpaired) electrons. The topological polar surface area (TPSA) is 37.1 Å². The van der Waals surface area contributed by atoms with Crippen molar-refractivity contribution in [3.05, 3.63) is 30.3 Å². The normalized spacial score (nSPS) is 37.6. The first-order valence-electron chi connectivity index (χ1n) is 6.88. The third-order valence-corrected chi connectivity index (χ3v) is 9.06. The second kappa shape index (κ2) is 5.71. The Morgan fingerprint density at radius 1 is 0.900 bits per heavy atom. The lowest BCUT2D eigenvalue weighted by Gasteiger charge is -2.17. The van der Waals surface area contributed by atoms with Crippen LogP contribution < -0.4 is 0 Å². The fourth-order valence-corrected chi connectivity index (χ4v) is 5.99. The summed E-state index contributed by atoms with van der Waals surface area (Å²) in [5, 5.41) is 0. The van der Waals surface area contributed by atoms with Crippen LogP contribution in [0.5, 0.6) is 0 Å². The van der Waals surface area contributed by atoms with Crippen LogP contribution in [0.2, 0.25) is 0 Å². The van der Waals surface area contributed by atoms with Gasteiger partial charge in [-0.3, -0.25) is 0 Å². The van der Waals surface area contributed by atoms with Gasteiger partial charge >= 0.3 is 0 Å². The van der Waals surface area contributed by atoms with E-state index < -0.39 is 10.0 Å². The van der Waals surface area contributed by atoms with E-state index in [0.717, 1.165) is 25.7 Å². The predicted octanol–water partition coefficient (Wildman–Crippen LogP) is 3.53. The second-order valence-electron chi connectivity index (χ2n) is 5.47. The Morgan fingerprint density at radius 3 is 1.90 bits per heavy atom. The molecule has 0 unspecified atom stereocenters. The fraction of sp³-hybridized carbons (Fsp3) is 0.571. The summed E-state index contributed by atoms with van der Waals surface area (Å²) < 4.78 is 27.0. The second-order valence-corrected chi connectivity index (χ2v) is 9.66. The summed E-state index contributed by atoms with van der Waals surface area (Å²) in [4.78, 5) is 1.29. The first kappa shape index (κ1) is 15.0. The van der Waals surface area contributed by atoms with E-state index in [0.29, 0.717) is 14.5 Å². The van der Waals surface area contributed by atoms with E-state index in [-0.39, 0.29) is 12.1 Å². The Bertz CT molecular complexity index is 560. The van der Waals surface area contributed by atoms with Crippen molar-refractivity contribution < 1.29 is 8.42 Å². The van der Waals surface area contributed by atoms with Gasteiger partial charge in [-0.1, -0.05) is 50.1 Å². The molecule has 110 valence electrons. The molecule has 20 heavy (non-hydrogen) atoms. The van der Waals surface area contributed by atoms with E-state index in [1.165, 1.54) is 0 Å². The van der Waals surface area contributed by atoms with Crippen LogP contribution >= 0.6 is 31.9 Å². The summed E-state index contributed by atoms with van der Waals surface area (Å²) in [6.07, 6.45) is 3.90. The van der Waals surface area contributed by atoms with E-state index >= 15 is 0 Å². The quantitative estimate of drug-likeness (QED) is 0.540. The third-order valence-electron chi connectivity index (χ3n) is 4.20. The molecule has 1 heterocycles. The minimum Gasteiger partial charge on any atom is -0.207 e. The summed E-state index contributed by atoms with van der Waals surface area (Å²) in [6.45, 7) is 0. The van der Waals surface area contributed by atoms with Gasteiger partial charge in [-0.25, -0.2) is 8.42 Å². The summed E-state index contributed by atoms with van der Waals surface area (Å²) in [5.74, 6) is 0. The largest absolute Gasteiger partial charge is 0.243 e. The number of benzene rings is 1. The van der Waals surface area contributed by atoms with Gasteiger partial charge in [0.1, 0.15) is 0 Å². The highest BCUT2D eigenvalue weighted by atomic mass is 79.9. The third kappa shape index (κ3) is 2.72. The van der Waals surface area contributed by atoms with Gasteiger partial charge in [0.25, 0.3) is 0 Å². The van der Waals surface area contributed by atoms with E-state index in [4.69, 9.17) is 0 Å². The van der Waals surface area contributed by atoms with Crippen LogP contribution in [0.15, 0.2) is 35.2 Å². The van der Waals surface area contributed by atoms with Gasteiger partial charge in [-0.2, -0.15) is 4.31 Å². The van der Waals surface area contributed by atoms with E-state index in [9.17, 15) is 8.42 Å². The van der Waals surface area contributed by atoms with E-state index in [2.05, 4.69) is 31.9 Å². The van der Waals surface area contributed by atoms with Gasteiger partial charge in [0.2, 0.25) is 10.0 Å². The molecule has 6 heteroatoms. The highest BCUT2D eigenvalue weighted by molar-refractivity contribution is 9.12. The lowest BCUT2D eigenvalue weighted by Crippen LogP contribution is -2.18. The molecule has 3 nitrogen and oxygen atoms in total. The molecule has 1 saturated carbocycles. The number of sulfonamides is 1. The van der Waals surface area contributed by atoms with Crippen molar-refractivity contribution in [1.29, 1.82) is 0 Å².